The van der Waals surface area contributed by atoms with Crippen molar-refractivity contribution in [2.45, 2.75) is 45.2 Å². The van der Waals surface area contributed by atoms with E-state index in [0.717, 1.165) is 37.2 Å². The first-order chi connectivity index (χ1) is 9.67. The number of aliphatic hydroxyl groups excluding tert-OH is 1. The summed E-state index contributed by atoms with van der Waals surface area (Å²) in [4.78, 5) is 2.21. The van der Waals surface area contributed by atoms with Crippen LogP contribution in [0.5, 0.6) is 5.75 Å². The summed E-state index contributed by atoms with van der Waals surface area (Å²) in [5, 5.41) is 23.0. The Morgan fingerprint density at radius 1 is 1.40 bits per heavy atom. The molecule has 2 rings (SSSR count). The molecule has 1 aromatic carbocycles. The lowest BCUT2D eigenvalue weighted by atomic mass is 10.0. The highest BCUT2D eigenvalue weighted by Crippen LogP contribution is 2.32. The van der Waals surface area contributed by atoms with E-state index in [1.165, 1.54) is 6.42 Å². The molecule has 3 N–H and O–H groups in total. The van der Waals surface area contributed by atoms with Gasteiger partial charge in [0.2, 0.25) is 0 Å². The van der Waals surface area contributed by atoms with E-state index in [1.54, 1.807) is 0 Å². The monoisotopic (exact) mass is 278 g/mol. The lowest BCUT2D eigenvalue weighted by Crippen LogP contribution is -2.41. The molecule has 2 unspecified atom stereocenters. The van der Waals surface area contributed by atoms with E-state index in [1.807, 2.05) is 12.1 Å². The molecule has 2 atom stereocenters. The zero-order chi connectivity index (χ0) is 14.5. The summed E-state index contributed by atoms with van der Waals surface area (Å²) >= 11 is 0. The quantitative estimate of drug-likeness (QED) is 0.774. The molecule has 112 valence electrons. The lowest BCUT2D eigenvalue weighted by molar-refractivity contribution is 0.240. The van der Waals surface area contributed by atoms with Gasteiger partial charge < -0.3 is 20.4 Å². The van der Waals surface area contributed by atoms with E-state index in [4.69, 9.17) is 0 Å². The largest absolute Gasteiger partial charge is 0.508 e. The van der Waals surface area contributed by atoms with Crippen LogP contribution in [0.15, 0.2) is 18.2 Å². The Labute approximate surface area is 121 Å². The Hall–Kier alpha value is -1.26. The van der Waals surface area contributed by atoms with Crippen molar-refractivity contribution < 1.29 is 10.2 Å². The van der Waals surface area contributed by atoms with E-state index >= 15 is 0 Å². The van der Waals surface area contributed by atoms with Gasteiger partial charge in [0.05, 0.1) is 12.6 Å². The second kappa shape index (κ2) is 6.95. The first-order valence-electron chi connectivity index (χ1n) is 7.61. The van der Waals surface area contributed by atoms with Gasteiger partial charge in [0.25, 0.3) is 0 Å². The molecular formula is C16H26N2O2. The standard InChI is InChI=1S/C16H26N2O2/c1-3-17-12(2)15-8-7-13(10-16(15)20)18-9-5-4-6-14(18)11-19/h7-8,10,12,14,17,19-20H,3-6,9,11H2,1-2H3. The second-order valence-corrected chi connectivity index (χ2v) is 5.55. The average Bonchev–Trinajstić information content (AvgIpc) is 2.47. The maximum absolute atomic E-state index is 10.2. The molecule has 4 nitrogen and oxygen atoms in total. The number of piperidine rings is 1. The predicted octanol–water partition coefficient (Wildman–Crippen LogP) is 2.41. The number of nitrogens with one attached hydrogen (secondary N) is 1. The van der Waals surface area contributed by atoms with Gasteiger partial charge in [0.15, 0.2) is 0 Å². The van der Waals surface area contributed by atoms with Crippen molar-refractivity contribution in [2.24, 2.45) is 0 Å². The van der Waals surface area contributed by atoms with Gasteiger partial charge in [-0.05, 0) is 38.8 Å². The van der Waals surface area contributed by atoms with E-state index in [9.17, 15) is 10.2 Å². The van der Waals surface area contributed by atoms with Crippen molar-refractivity contribution >= 4 is 5.69 Å². The molecule has 0 aromatic heterocycles. The molecule has 0 aliphatic carbocycles. The van der Waals surface area contributed by atoms with Crippen LogP contribution in [-0.2, 0) is 0 Å². The Bertz CT molecular complexity index is 436. The molecule has 0 saturated carbocycles. The molecule has 0 amide bonds. The highest BCUT2D eigenvalue weighted by atomic mass is 16.3. The third kappa shape index (κ3) is 3.25. The fourth-order valence-corrected chi connectivity index (χ4v) is 3.02. The van der Waals surface area contributed by atoms with Crippen LogP contribution in [0.1, 0.15) is 44.7 Å². The minimum Gasteiger partial charge on any atom is -0.508 e. The van der Waals surface area contributed by atoms with Crippen molar-refractivity contribution in [1.82, 2.24) is 5.32 Å². The fourth-order valence-electron chi connectivity index (χ4n) is 3.02. The van der Waals surface area contributed by atoms with Crippen LogP contribution >= 0.6 is 0 Å². The smallest absolute Gasteiger partial charge is 0.122 e. The fraction of sp³-hybridized carbons (Fsp3) is 0.625. The average molecular weight is 278 g/mol. The molecule has 1 aliphatic heterocycles. The number of rotatable bonds is 5. The summed E-state index contributed by atoms with van der Waals surface area (Å²) in [6.07, 6.45) is 3.34. The normalized spacial score (nSPS) is 20.9. The molecule has 1 aliphatic rings. The van der Waals surface area contributed by atoms with Gasteiger partial charge >= 0.3 is 0 Å². The van der Waals surface area contributed by atoms with E-state index in [0.29, 0.717) is 5.75 Å². The molecule has 0 bridgehead atoms. The molecule has 1 fully saturated rings. The number of nitrogens with zero attached hydrogens (tertiary/aromatic N) is 1. The van der Waals surface area contributed by atoms with Crippen molar-refractivity contribution in [2.75, 3.05) is 24.6 Å². The Morgan fingerprint density at radius 3 is 2.85 bits per heavy atom. The summed E-state index contributed by atoms with van der Waals surface area (Å²) < 4.78 is 0. The molecule has 0 radical (unpaired) electrons. The summed E-state index contributed by atoms with van der Waals surface area (Å²) in [6, 6.07) is 6.19. The summed E-state index contributed by atoms with van der Waals surface area (Å²) in [5.41, 5.74) is 1.93. The third-order valence-electron chi connectivity index (χ3n) is 4.16. The second-order valence-electron chi connectivity index (χ2n) is 5.55. The maximum Gasteiger partial charge on any atom is 0.122 e. The third-order valence-corrected chi connectivity index (χ3v) is 4.16. The Kier molecular flexibility index (Phi) is 5.26. The van der Waals surface area contributed by atoms with Crippen molar-refractivity contribution in [1.29, 1.82) is 0 Å². The highest BCUT2D eigenvalue weighted by molar-refractivity contribution is 5.55. The van der Waals surface area contributed by atoms with E-state index in [-0.39, 0.29) is 18.7 Å². The van der Waals surface area contributed by atoms with Crippen LogP contribution < -0.4 is 10.2 Å². The van der Waals surface area contributed by atoms with Crippen LogP contribution in [0.4, 0.5) is 5.69 Å². The molecular weight excluding hydrogens is 252 g/mol. The number of benzene rings is 1. The van der Waals surface area contributed by atoms with Crippen LogP contribution in [0.2, 0.25) is 0 Å². The number of aliphatic hydroxyl groups is 1. The molecule has 0 spiro atoms. The first kappa shape index (κ1) is 15.1. The van der Waals surface area contributed by atoms with E-state index in [2.05, 4.69) is 30.1 Å². The molecule has 1 aromatic rings. The highest BCUT2D eigenvalue weighted by Gasteiger charge is 2.22. The Balaban J connectivity index is 2.19. The van der Waals surface area contributed by atoms with Crippen LogP contribution in [0, 0.1) is 0 Å². The number of anilines is 1. The van der Waals surface area contributed by atoms with E-state index < -0.39 is 0 Å². The summed E-state index contributed by atoms with van der Waals surface area (Å²) in [7, 11) is 0. The van der Waals surface area contributed by atoms with Crippen molar-refractivity contribution in [3.63, 3.8) is 0 Å². The number of aromatic hydroxyl groups is 1. The first-order valence-corrected chi connectivity index (χ1v) is 7.61. The van der Waals surface area contributed by atoms with Crippen molar-refractivity contribution in [3.8, 4) is 5.75 Å². The van der Waals surface area contributed by atoms with Crippen molar-refractivity contribution in [3.05, 3.63) is 23.8 Å². The number of phenols is 1. The Morgan fingerprint density at radius 2 is 2.20 bits per heavy atom. The molecule has 1 saturated heterocycles. The van der Waals surface area contributed by atoms with Gasteiger partial charge in [-0.15, -0.1) is 0 Å². The van der Waals surface area contributed by atoms with Crippen LogP contribution in [0.25, 0.3) is 0 Å². The van der Waals surface area contributed by atoms with Gasteiger partial charge in [0, 0.05) is 29.9 Å². The van der Waals surface area contributed by atoms with Crippen LogP contribution in [-0.4, -0.2) is 36.0 Å². The minimum absolute atomic E-state index is 0.143. The van der Waals surface area contributed by atoms with Gasteiger partial charge in [0.1, 0.15) is 5.75 Å². The topological polar surface area (TPSA) is 55.7 Å². The van der Waals surface area contributed by atoms with Gasteiger partial charge in [-0.1, -0.05) is 13.0 Å². The zero-order valence-corrected chi connectivity index (χ0v) is 12.5. The molecule has 4 heteroatoms. The number of hydrogen-bond donors (Lipinski definition) is 3. The SMILES string of the molecule is CCNC(C)c1ccc(N2CCCCC2CO)cc1O. The predicted molar refractivity (Wildman–Crippen MR) is 82.3 cm³/mol. The number of phenolic OH excluding ortho intramolecular Hbond substituents is 1. The minimum atomic E-state index is 0.143. The zero-order valence-electron chi connectivity index (χ0n) is 12.5. The van der Waals surface area contributed by atoms with Gasteiger partial charge in [-0.3, -0.25) is 0 Å². The molecule has 20 heavy (non-hydrogen) atoms. The van der Waals surface area contributed by atoms with Gasteiger partial charge in [-0.25, -0.2) is 0 Å². The lowest BCUT2D eigenvalue weighted by Gasteiger charge is -2.36. The summed E-state index contributed by atoms with van der Waals surface area (Å²) in [5.74, 6) is 0.332. The van der Waals surface area contributed by atoms with Crippen LogP contribution in [0.3, 0.4) is 0 Å². The summed E-state index contributed by atoms with van der Waals surface area (Å²) in [6.45, 7) is 6.11. The maximum atomic E-state index is 10.2. The number of hydrogen-bond acceptors (Lipinski definition) is 4. The van der Waals surface area contributed by atoms with Gasteiger partial charge in [-0.2, -0.15) is 0 Å². The molecule has 1 heterocycles.